The second-order valence-corrected chi connectivity index (χ2v) is 7.74. The zero-order chi connectivity index (χ0) is 22.1. The van der Waals surface area contributed by atoms with E-state index < -0.39 is 12.1 Å². The van der Waals surface area contributed by atoms with Gasteiger partial charge in [-0.1, -0.05) is 72.3 Å². The molecule has 3 aromatic carbocycles. The van der Waals surface area contributed by atoms with Crippen LogP contribution >= 0.6 is 11.6 Å². The highest BCUT2D eigenvalue weighted by Gasteiger charge is 2.24. The molecule has 2 amide bonds. The Balaban J connectivity index is 1.73. The average Bonchev–Trinajstić information content (AvgIpc) is 2.80. The Hall–Kier alpha value is -3.15. The number of hydrogen-bond donors (Lipinski definition) is 3. The van der Waals surface area contributed by atoms with Gasteiger partial charge in [-0.15, -0.1) is 0 Å². The van der Waals surface area contributed by atoms with Crippen LogP contribution in [-0.4, -0.2) is 35.6 Å². The summed E-state index contributed by atoms with van der Waals surface area (Å²) in [7, 11) is 0. The SMILES string of the molecule is O=C(N[C@@H](Cc1ccccc1)C(=O)NC(CO)Cc1ccccc1)c1ccc(Cl)cc1. The van der Waals surface area contributed by atoms with Gasteiger partial charge < -0.3 is 15.7 Å². The molecular weight excluding hydrogens is 412 g/mol. The quantitative estimate of drug-likeness (QED) is 0.481. The number of carbonyl (C=O) groups excluding carboxylic acids is 2. The summed E-state index contributed by atoms with van der Waals surface area (Å²) in [6.07, 6.45) is 0.821. The molecule has 160 valence electrons. The molecule has 0 aliphatic heterocycles. The molecule has 3 N–H and O–H groups in total. The number of hydrogen-bond acceptors (Lipinski definition) is 3. The highest BCUT2D eigenvalue weighted by atomic mass is 35.5. The van der Waals surface area contributed by atoms with E-state index in [1.807, 2.05) is 60.7 Å². The average molecular weight is 437 g/mol. The van der Waals surface area contributed by atoms with Gasteiger partial charge in [-0.25, -0.2) is 0 Å². The molecule has 2 atom stereocenters. The maximum Gasteiger partial charge on any atom is 0.251 e. The Morgan fingerprint density at radius 3 is 1.87 bits per heavy atom. The molecule has 0 fully saturated rings. The maximum atomic E-state index is 13.1. The lowest BCUT2D eigenvalue weighted by atomic mass is 10.0. The van der Waals surface area contributed by atoms with Crippen molar-refractivity contribution in [3.8, 4) is 0 Å². The largest absolute Gasteiger partial charge is 0.394 e. The van der Waals surface area contributed by atoms with E-state index in [1.165, 1.54) is 0 Å². The predicted molar refractivity (Wildman–Crippen MR) is 122 cm³/mol. The number of rotatable bonds is 9. The van der Waals surface area contributed by atoms with Crippen LogP contribution in [0.3, 0.4) is 0 Å². The van der Waals surface area contributed by atoms with Crippen LogP contribution in [0.25, 0.3) is 0 Å². The van der Waals surface area contributed by atoms with Gasteiger partial charge in [0.15, 0.2) is 0 Å². The van der Waals surface area contributed by atoms with Gasteiger partial charge >= 0.3 is 0 Å². The summed E-state index contributed by atoms with van der Waals surface area (Å²) in [4.78, 5) is 25.8. The molecule has 0 radical (unpaired) electrons. The van der Waals surface area contributed by atoms with Crippen molar-refractivity contribution >= 4 is 23.4 Å². The molecule has 0 heterocycles. The number of amides is 2. The Bertz CT molecular complexity index is 979. The van der Waals surface area contributed by atoms with Crippen LogP contribution in [-0.2, 0) is 17.6 Å². The number of aliphatic hydroxyl groups is 1. The first-order valence-corrected chi connectivity index (χ1v) is 10.5. The maximum absolute atomic E-state index is 13.1. The zero-order valence-corrected chi connectivity index (χ0v) is 17.8. The van der Waals surface area contributed by atoms with Crippen molar-refractivity contribution in [2.24, 2.45) is 0 Å². The molecule has 5 nitrogen and oxygen atoms in total. The summed E-state index contributed by atoms with van der Waals surface area (Å²) in [6, 6.07) is 24.3. The summed E-state index contributed by atoms with van der Waals surface area (Å²) < 4.78 is 0. The third kappa shape index (κ3) is 6.95. The van der Waals surface area contributed by atoms with Gasteiger partial charge in [-0.2, -0.15) is 0 Å². The first-order valence-electron chi connectivity index (χ1n) is 10.1. The first-order chi connectivity index (χ1) is 15.0. The van der Waals surface area contributed by atoms with Gasteiger partial charge in [0.05, 0.1) is 12.6 Å². The second-order valence-electron chi connectivity index (χ2n) is 7.30. The highest BCUT2D eigenvalue weighted by molar-refractivity contribution is 6.30. The van der Waals surface area contributed by atoms with Gasteiger partial charge in [0.2, 0.25) is 5.91 Å². The summed E-state index contributed by atoms with van der Waals surface area (Å²) in [5.41, 5.74) is 2.34. The zero-order valence-electron chi connectivity index (χ0n) is 17.0. The Labute approximate surface area is 187 Å². The number of nitrogens with one attached hydrogen (secondary N) is 2. The summed E-state index contributed by atoms with van der Waals surface area (Å²) in [5, 5.41) is 16.0. The van der Waals surface area contributed by atoms with E-state index in [-0.39, 0.29) is 18.4 Å². The minimum absolute atomic E-state index is 0.205. The fraction of sp³-hybridized carbons (Fsp3) is 0.200. The second kappa shape index (κ2) is 11.3. The van der Waals surface area contributed by atoms with Crippen molar-refractivity contribution in [3.63, 3.8) is 0 Å². The number of benzene rings is 3. The summed E-state index contributed by atoms with van der Waals surface area (Å²) in [6.45, 7) is -0.205. The molecule has 0 aliphatic rings. The number of halogens is 1. The van der Waals surface area contributed by atoms with Crippen LogP contribution in [0, 0.1) is 0 Å². The van der Waals surface area contributed by atoms with Gasteiger partial charge in [-0.3, -0.25) is 9.59 Å². The van der Waals surface area contributed by atoms with Crippen molar-refractivity contribution < 1.29 is 14.7 Å². The molecule has 3 rings (SSSR count). The van der Waals surface area contributed by atoms with E-state index in [4.69, 9.17) is 11.6 Å². The standard InChI is InChI=1S/C25H25ClN2O3/c26-21-13-11-20(12-14-21)24(30)28-23(16-19-9-5-2-6-10-19)25(31)27-22(17-29)15-18-7-3-1-4-8-18/h1-14,22-23,29H,15-17H2,(H,27,31)(H,28,30)/t22?,23-/m0/s1. The van der Waals surface area contributed by atoms with Crippen molar-refractivity contribution in [2.75, 3.05) is 6.61 Å². The van der Waals surface area contributed by atoms with E-state index in [2.05, 4.69) is 10.6 Å². The summed E-state index contributed by atoms with van der Waals surface area (Å²) >= 11 is 5.90. The van der Waals surface area contributed by atoms with Gasteiger partial charge in [0.1, 0.15) is 6.04 Å². The fourth-order valence-electron chi connectivity index (χ4n) is 3.26. The van der Waals surface area contributed by atoms with Gasteiger partial charge in [0, 0.05) is 17.0 Å². The smallest absolute Gasteiger partial charge is 0.251 e. The number of carbonyl (C=O) groups is 2. The molecule has 6 heteroatoms. The third-order valence-corrected chi connectivity index (χ3v) is 5.15. The first kappa shape index (κ1) is 22.5. The minimum Gasteiger partial charge on any atom is -0.394 e. The molecule has 0 bridgehead atoms. The van der Waals surface area contributed by atoms with E-state index in [9.17, 15) is 14.7 Å². The predicted octanol–water partition coefficient (Wildman–Crippen LogP) is 3.40. The molecule has 1 unspecified atom stereocenters. The van der Waals surface area contributed by atoms with Crippen molar-refractivity contribution in [1.29, 1.82) is 0 Å². The minimum atomic E-state index is -0.796. The van der Waals surface area contributed by atoms with E-state index in [0.29, 0.717) is 23.4 Å². The van der Waals surface area contributed by atoms with Crippen molar-refractivity contribution in [1.82, 2.24) is 10.6 Å². The normalized spacial score (nSPS) is 12.6. The van der Waals surface area contributed by atoms with Crippen LogP contribution in [0.1, 0.15) is 21.5 Å². The molecule has 0 spiro atoms. The molecular formula is C25H25ClN2O3. The van der Waals surface area contributed by atoms with Gasteiger partial charge in [0.25, 0.3) is 5.91 Å². The lowest BCUT2D eigenvalue weighted by Crippen LogP contribution is -2.52. The fourth-order valence-corrected chi connectivity index (χ4v) is 3.39. The molecule has 3 aromatic rings. The topological polar surface area (TPSA) is 78.4 Å². The lowest BCUT2D eigenvalue weighted by Gasteiger charge is -2.23. The molecule has 0 saturated heterocycles. The van der Waals surface area contributed by atoms with Crippen LogP contribution in [0.4, 0.5) is 0 Å². The van der Waals surface area contributed by atoms with E-state index >= 15 is 0 Å². The van der Waals surface area contributed by atoms with Crippen LogP contribution in [0.5, 0.6) is 0 Å². The van der Waals surface area contributed by atoms with Crippen LogP contribution in [0.15, 0.2) is 84.9 Å². The summed E-state index contributed by atoms with van der Waals surface area (Å²) in [5.74, 6) is -0.711. The van der Waals surface area contributed by atoms with Crippen molar-refractivity contribution in [2.45, 2.75) is 24.9 Å². The third-order valence-electron chi connectivity index (χ3n) is 4.90. The molecule has 0 aromatic heterocycles. The van der Waals surface area contributed by atoms with E-state index in [1.54, 1.807) is 24.3 Å². The van der Waals surface area contributed by atoms with Gasteiger partial charge in [-0.05, 0) is 41.8 Å². The lowest BCUT2D eigenvalue weighted by molar-refractivity contribution is -0.124. The molecule has 0 aliphatic carbocycles. The Kier molecular flexibility index (Phi) is 8.21. The number of aliphatic hydroxyl groups excluding tert-OH is 1. The van der Waals surface area contributed by atoms with E-state index in [0.717, 1.165) is 11.1 Å². The Morgan fingerprint density at radius 1 is 0.774 bits per heavy atom. The van der Waals surface area contributed by atoms with Crippen LogP contribution in [0.2, 0.25) is 5.02 Å². The molecule has 31 heavy (non-hydrogen) atoms. The molecule has 0 saturated carbocycles. The monoisotopic (exact) mass is 436 g/mol. The highest BCUT2D eigenvalue weighted by Crippen LogP contribution is 2.11. The van der Waals surface area contributed by atoms with Crippen molar-refractivity contribution in [3.05, 3.63) is 107 Å². The van der Waals surface area contributed by atoms with Crippen LogP contribution < -0.4 is 10.6 Å². The Morgan fingerprint density at radius 2 is 1.32 bits per heavy atom.